The molecule has 4 aliphatic rings. The first-order chi connectivity index (χ1) is 29.7. The number of alkyl halides is 4. The molecule has 0 unspecified atom stereocenters. The van der Waals surface area contributed by atoms with Crippen molar-refractivity contribution in [2.75, 3.05) is 44.4 Å². The van der Waals surface area contributed by atoms with Crippen LogP contribution in [0, 0.1) is 28.9 Å². The fraction of sp³-hybridized carbons (Fsp3) is 0.568. The normalized spacial score (nSPS) is 22.1. The summed E-state index contributed by atoms with van der Waals surface area (Å²) < 4.78 is 147. The van der Waals surface area contributed by atoms with Gasteiger partial charge in [0.1, 0.15) is 43.6 Å². The summed E-state index contributed by atoms with van der Waals surface area (Å²) in [5.41, 5.74) is -4.39. The summed E-state index contributed by atoms with van der Waals surface area (Å²) in [5, 5.41) is -0.296. The molecule has 0 spiro atoms. The second-order valence-corrected chi connectivity index (χ2v) is 25.3. The van der Waals surface area contributed by atoms with Crippen molar-refractivity contribution < 1.29 is 52.8 Å². The molecule has 340 valence electrons. The van der Waals surface area contributed by atoms with E-state index in [9.17, 15) is 26.0 Å². The third kappa shape index (κ3) is 7.90. The molecule has 3 saturated heterocycles. The number of hydrogen-bond donors (Lipinski definition) is 0. The zero-order chi connectivity index (χ0) is 45.4. The third-order valence-electron chi connectivity index (χ3n) is 13.6. The van der Waals surface area contributed by atoms with E-state index in [0.29, 0.717) is 57.4 Å². The van der Waals surface area contributed by atoms with Crippen LogP contribution in [-0.4, -0.2) is 99.1 Å². The van der Waals surface area contributed by atoms with Crippen LogP contribution in [0.5, 0.6) is 11.8 Å². The zero-order valence-electron chi connectivity index (χ0n) is 35.9. The Morgan fingerprint density at radius 3 is 2.40 bits per heavy atom. The minimum Gasteiger partial charge on any atom is -0.461 e. The summed E-state index contributed by atoms with van der Waals surface area (Å²) in [4.78, 5) is 18.2. The number of ether oxygens (including phenoxy) is 2. The van der Waals surface area contributed by atoms with Gasteiger partial charge in [-0.3, -0.25) is 4.90 Å². The molecule has 4 aliphatic heterocycles. The molecular formula is C44H50F7N5O5SSi. The first kappa shape index (κ1) is 45.3. The van der Waals surface area contributed by atoms with Crippen LogP contribution in [0.15, 0.2) is 18.2 Å². The fourth-order valence-corrected chi connectivity index (χ4v) is 16.4. The van der Waals surface area contributed by atoms with E-state index in [1.807, 2.05) is 51.3 Å². The van der Waals surface area contributed by atoms with Gasteiger partial charge in [-0.2, -0.15) is 31.6 Å². The summed E-state index contributed by atoms with van der Waals surface area (Å²) in [7, 11) is -8.95. The molecule has 8 rings (SSSR count). The Kier molecular flexibility index (Phi) is 12.0. The maximum atomic E-state index is 17.8. The molecule has 0 N–H and O–H groups in total. The van der Waals surface area contributed by atoms with E-state index in [-0.39, 0.29) is 82.0 Å². The van der Waals surface area contributed by atoms with E-state index in [1.54, 1.807) is 0 Å². The minimum atomic E-state index is -6.29. The predicted molar refractivity (Wildman–Crippen MR) is 227 cm³/mol. The second-order valence-electron chi connectivity index (χ2n) is 18.2. The largest absolute Gasteiger partial charge is 0.534 e. The number of aromatic nitrogens is 3. The van der Waals surface area contributed by atoms with Crippen molar-refractivity contribution in [1.29, 1.82) is 0 Å². The van der Waals surface area contributed by atoms with Gasteiger partial charge in [-0.15, -0.1) is 5.54 Å². The number of halogens is 7. The van der Waals surface area contributed by atoms with E-state index >= 15 is 13.2 Å². The van der Waals surface area contributed by atoms with Crippen LogP contribution >= 0.6 is 0 Å². The lowest BCUT2D eigenvalue weighted by molar-refractivity contribution is -0.0500. The van der Waals surface area contributed by atoms with Gasteiger partial charge in [0.05, 0.1) is 34.8 Å². The Hall–Kier alpha value is -4.25. The number of pyridine rings is 1. The molecule has 63 heavy (non-hydrogen) atoms. The molecule has 6 heterocycles. The average Bonchev–Trinajstić information content (AvgIpc) is 3.55. The predicted octanol–water partition coefficient (Wildman–Crippen LogP) is 9.56. The molecule has 3 fully saturated rings. The van der Waals surface area contributed by atoms with Crippen molar-refractivity contribution in [1.82, 2.24) is 19.9 Å². The standard InChI is InChI=1S/C44H50F7N5O5SSi/c1-24(2)63(25(3)4,26(5)6)16-11-31-35-27(18-33(46)37(31)47)17-30(61-62(57,58)44(49,50)51)19-32(35)39-38(48)40-36-34(52-39)10-9-29-22-59-15-8-14-56(29)41(36)54-42(53-40)60-23-43-12-7-13-55(43)21-28(45)20-43/h17-19,24-26,28-29H,7-10,12-15,20-23H2,1-6H3/t28-,29+,43+/m1/s1. The summed E-state index contributed by atoms with van der Waals surface area (Å²) in [5.74, 6) is -1.64. The lowest BCUT2D eigenvalue weighted by Crippen LogP contribution is -2.43. The SMILES string of the molecule is CC(C)[Si](C#Cc1c(F)c(F)cc2cc(OS(=O)(=O)C(F)(F)F)cc(-c3nc4c5c(nc(OC[C@@]67CCCN6C[C@H](F)C7)nc5c3F)N3CCCOC[C@@H]3CC4)c12)(C(C)C)C(C)C. The molecule has 2 aromatic heterocycles. The number of aryl methyl sites for hydroxylation is 1. The summed E-state index contributed by atoms with van der Waals surface area (Å²) in [6.45, 7) is 14.4. The summed E-state index contributed by atoms with van der Waals surface area (Å²) >= 11 is 0. The Morgan fingerprint density at radius 2 is 1.70 bits per heavy atom. The first-order valence-corrected chi connectivity index (χ1v) is 25.1. The fourth-order valence-electron chi connectivity index (χ4n) is 10.7. The Bertz CT molecular complexity index is 2620. The molecule has 0 bridgehead atoms. The second kappa shape index (κ2) is 16.6. The van der Waals surface area contributed by atoms with Gasteiger partial charge in [0.25, 0.3) is 0 Å². The Balaban J connectivity index is 1.41. The quantitative estimate of drug-likeness (QED) is 0.0530. The van der Waals surface area contributed by atoms with Crippen molar-refractivity contribution in [2.45, 2.75) is 120 Å². The monoisotopic (exact) mass is 921 g/mol. The molecule has 0 aliphatic carbocycles. The van der Waals surface area contributed by atoms with Crippen LogP contribution in [0.3, 0.4) is 0 Å². The van der Waals surface area contributed by atoms with Crippen molar-refractivity contribution >= 4 is 45.7 Å². The van der Waals surface area contributed by atoms with Crippen LogP contribution in [-0.2, 0) is 21.3 Å². The Morgan fingerprint density at radius 1 is 0.968 bits per heavy atom. The van der Waals surface area contributed by atoms with Gasteiger partial charge in [-0.25, -0.2) is 22.5 Å². The van der Waals surface area contributed by atoms with Gasteiger partial charge >= 0.3 is 21.6 Å². The molecule has 0 amide bonds. The van der Waals surface area contributed by atoms with Crippen molar-refractivity contribution in [3.63, 3.8) is 0 Å². The first-order valence-electron chi connectivity index (χ1n) is 21.4. The van der Waals surface area contributed by atoms with E-state index < -0.39 is 75.4 Å². The Labute approximate surface area is 363 Å². The van der Waals surface area contributed by atoms with Crippen molar-refractivity contribution in [2.24, 2.45) is 0 Å². The lowest BCUT2D eigenvalue weighted by atomic mass is 9.95. The van der Waals surface area contributed by atoms with Gasteiger partial charge in [0, 0.05) is 37.1 Å². The van der Waals surface area contributed by atoms with E-state index in [1.165, 1.54) is 0 Å². The maximum absolute atomic E-state index is 17.8. The number of hydrogen-bond acceptors (Lipinski definition) is 10. The number of benzene rings is 2. The minimum absolute atomic E-state index is 0.0236. The molecular weight excluding hydrogens is 872 g/mol. The molecule has 2 aromatic carbocycles. The highest BCUT2D eigenvalue weighted by atomic mass is 32.2. The molecule has 19 heteroatoms. The zero-order valence-corrected chi connectivity index (χ0v) is 37.8. The number of fused-ring (bicyclic) bond motifs is 4. The molecule has 0 saturated carbocycles. The molecule has 0 radical (unpaired) electrons. The molecule has 4 aromatic rings. The highest BCUT2D eigenvalue weighted by Crippen LogP contribution is 2.46. The lowest BCUT2D eigenvalue weighted by Gasteiger charge is -2.38. The van der Waals surface area contributed by atoms with Crippen LogP contribution in [0.1, 0.15) is 84.9 Å². The average molecular weight is 922 g/mol. The smallest absolute Gasteiger partial charge is 0.461 e. The summed E-state index contributed by atoms with van der Waals surface area (Å²) in [6.07, 6.45) is 2.02. The third-order valence-corrected chi connectivity index (χ3v) is 20.9. The highest BCUT2D eigenvalue weighted by Gasteiger charge is 2.50. The van der Waals surface area contributed by atoms with Crippen molar-refractivity contribution in [3.8, 4) is 34.5 Å². The summed E-state index contributed by atoms with van der Waals surface area (Å²) in [6, 6.07) is 1.86. The van der Waals surface area contributed by atoms with Gasteiger partial charge in [-0.05, 0) is 78.9 Å². The van der Waals surface area contributed by atoms with E-state index in [4.69, 9.17) is 19.4 Å². The van der Waals surface area contributed by atoms with E-state index in [2.05, 4.69) is 20.6 Å². The van der Waals surface area contributed by atoms with Gasteiger partial charge in [0.2, 0.25) is 0 Å². The van der Waals surface area contributed by atoms with Crippen molar-refractivity contribution in [3.05, 3.63) is 46.9 Å². The number of anilines is 1. The molecule has 10 nitrogen and oxygen atoms in total. The number of nitrogens with zero attached hydrogens (tertiary/aromatic N) is 5. The van der Waals surface area contributed by atoms with Gasteiger partial charge < -0.3 is 18.6 Å². The topological polar surface area (TPSA) is 107 Å². The van der Waals surface area contributed by atoms with Gasteiger partial charge in [0.15, 0.2) is 17.5 Å². The highest BCUT2D eigenvalue weighted by molar-refractivity contribution is 7.88. The number of rotatable bonds is 9. The van der Waals surface area contributed by atoms with Crippen LogP contribution in [0.25, 0.3) is 32.9 Å². The van der Waals surface area contributed by atoms with Crippen LogP contribution in [0.4, 0.5) is 36.6 Å². The van der Waals surface area contributed by atoms with E-state index in [0.717, 1.165) is 18.6 Å². The van der Waals surface area contributed by atoms with Crippen LogP contribution < -0.4 is 13.8 Å². The van der Waals surface area contributed by atoms with Gasteiger partial charge in [-0.1, -0.05) is 47.5 Å². The maximum Gasteiger partial charge on any atom is 0.534 e. The van der Waals surface area contributed by atoms with Crippen LogP contribution in [0.2, 0.25) is 16.6 Å². The molecule has 3 atom stereocenters.